The Hall–Kier alpha value is 0.706. The maximum absolute atomic E-state index is 12.7. The summed E-state index contributed by atoms with van der Waals surface area (Å²) < 4.78 is 25.3. The maximum Gasteiger partial charge on any atom is 1.00 e. The van der Waals surface area contributed by atoms with Crippen LogP contribution in [0.1, 0.15) is 20.3 Å². The van der Waals surface area contributed by atoms with Crippen LogP contribution in [-0.2, 0) is 4.79 Å². The van der Waals surface area contributed by atoms with Crippen molar-refractivity contribution in [1.29, 1.82) is 0 Å². The molecule has 90 valence electrons. The molecule has 1 aliphatic heterocycles. The molecule has 0 aromatic rings. The molecule has 1 aliphatic rings. The van der Waals surface area contributed by atoms with Crippen LogP contribution in [-0.4, -0.2) is 29.8 Å². The molecule has 0 bridgehead atoms. The summed E-state index contributed by atoms with van der Waals surface area (Å²) >= 11 is 0. The van der Waals surface area contributed by atoms with Crippen molar-refractivity contribution in [3.05, 3.63) is 26.5 Å². The first-order valence-corrected chi connectivity index (χ1v) is 4.69. The third-order valence-electron chi connectivity index (χ3n) is 1.73. The van der Waals surface area contributed by atoms with Crippen LogP contribution >= 0.6 is 0 Å². The van der Waals surface area contributed by atoms with E-state index in [1.54, 1.807) is 0 Å². The third kappa shape index (κ3) is 7.90. The Morgan fingerprint density at radius 1 is 1.50 bits per heavy atom. The molecule has 0 radical (unpaired) electrons. The van der Waals surface area contributed by atoms with Crippen LogP contribution in [0.15, 0.2) is 12.7 Å². The molecule has 0 aromatic heterocycles. The summed E-state index contributed by atoms with van der Waals surface area (Å²) in [5.74, 6) is -3.26. The molecule has 0 N–H and O–H groups in total. The van der Waals surface area contributed by atoms with E-state index in [1.807, 2.05) is 13.8 Å². The van der Waals surface area contributed by atoms with Crippen molar-refractivity contribution >= 4 is 5.91 Å². The van der Waals surface area contributed by atoms with Gasteiger partial charge in [0.2, 0.25) is 5.91 Å². The van der Waals surface area contributed by atoms with Gasteiger partial charge in [-0.3, -0.25) is 11.2 Å². The first-order chi connectivity index (χ1) is 6.55. The second-order valence-corrected chi connectivity index (χ2v) is 2.72. The number of piperidine rings is 1. The second-order valence-electron chi connectivity index (χ2n) is 2.72. The third-order valence-corrected chi connectivity index (χ3v) is 1.73. The van der Waals surface area contributed by atoms with Gasteiger partial charge in [-0.05, 0) is 12.6 Å². The van der Waals surface area contributed by atoms with Crippen LogP contribution in [0.2, 0.25) is 0 Å². The Labute approximate surface area is 140 Å². The fraction of sp³-hybridized carbons (Fsp3) is 0.545. The largest absolute Gasteiger partial charge is 1.00 e. The molecule has 0 aliphatic carbocycles. The fourth-order valence-electron chi connectivity index (χ4n) is 1.15. The van der Waals surface area contributed by atoms with E-state index in [-0.39, 0.29) is 65.2 Å². The number of nitrogens with zero attached hydrogens (tertiary/aromatic N) is 1. The van der Waals surface area contributed by atoms with Crippen LogP contribution < -0.4 is 51.4 Å². The van der Waals surface area contributed by atoms with Gasteiger partial charge in [-0.15, -0.1) is 0 Å². The van der Waals surface area contributed by atoms with Gasteiger partial charge in [0, 0.05) is 0 Å². The molecule has 1 fully saturated rings. The van der Waals surface area contributed by atoms with E-state index < -0.39 is 18.4 Å². The van der Waals surface area contributed by atoms with Gasteiger partial charge in [-0.1, -0.05) is 20.4 Å². The van der Waals surface area contributed by atoms with Gasteiger partial charge >= 0.3 is 51.4 Å². The fourth-order valence-corrected chi connectivity index (χ4v) is 1.15. The molecular weight excluding hydrogens is 239 g/mol. The van der Waals surface area contributed by atoms with Crippen LogP contribution in [0.25, 0.3) is 0 Å². The quantitative estimate of drug-likeness (QED) is 0.360. The van der Waals surface area contributed by atoms with E-state index in [9.17, 15) is 13.6 Å². The van der Waals surface area contributed by atoms with Crippen molar-refractivity contribution in [2.24, 2.45) is 0 Å². The molecule has 0 aromatic carbocycles. The van der Waals surface area contributed by atoms with Gasteiger partial charge < -0.3 is 12.3 Å². The van der Waals surface area contributed by atoms with Gasteiger partial charge in [0.05, 0.1) is 6.54 Å². The average Bonchev–Trinajstić information content (AvgIpc) is 2.18. The van der Waals surface area contributed by atoms with E-state index >= 15 is 0 Å². The standard InChI is InChI=1S/C8H10F2NO.C2H6.CH3.K/c1-2-7(12)11-5-3-4-8(9,10)6-11;1-2;;/h2,4H,1,3,5-6H2;1-2H3;1H3;/q-1;;-1;+1. The minimum atomic E-state index is -2.84. The molecule has 1 heterocycles. The van der Waals surface area contributed by atoms with E-state index in [2.05, 4.69) is 6.58 Å². The molecule has 5 heteroatoms. The minimum absolute atomic E-state index is 0. The second kappa shape index (κ2) is 10.8. The number of halogens is 2. The van der Waals surface area contributed by atoms with Crippen molar-refractivity contribution in [2.45, 2.75) is 26.2 Å². The zero-order chi connectivity index (χ0) is 11.2. The minimum Gasteiger partial charge on any atom is -0.358 e. The van der Waals surface area contributed by atoms with Crippen molar-refractivity contribution in [1.82, 2.24) is 4.90 Å². The van der Waals surface area contributed by atoms with Gasteiger partial charge in [0.25, 0.3) is 0 Å². The Morgan fingerprint density at radius 2 is 2.00 bits per heavy atom. The Bertz CT molecular complexity index is 210. The summed E-state index contributed by atoms with van der Waals surface area (Å²) in [5.41, 5.74) is 0. The first kappa shape index (κ1) is 21.9. The average molecular weight is 258 g/mol. The first-order valence-electron chi connectivity index (χ1n) is 4.69. The van der Waals surface area contributed by atoms with E-state index in [0.717, 1.165) is 17.4 Å². The van der Waals surface area contributed by atoms with Crippen molar-refractivity contribution in [2.75, 3.05) is 13.1 Å². The number of hydrogen-bond acceptors (Lipinski definition) is 1. The normalized spacial score (nSPS) is 16.9. The van der Waals surface area contributed by atoms with Crippen molar-refractivity contribution in [3.63, 3.8) is 0 Å². The predicted molar refractivity (Wildman–Crippen MR) is 58.4 cm³/mol. The van der Waals surface area contributed by atoms with E-state index in [1.165, 1.54) is 0 Å². The summed E-state index contributed by atoms with van der Waals surface area (Å²) in [6.45, 7) is 7.08. The number of likely N-dealkylation sites (tertiary alicyclic amines) is 1. The maximum atomic E-state index is 12.7. The number of rotatable bonds is 1. The molecule has 2 nitrogen and oxygen atoms in total. The number of carbonyl (C=O) groups excluding carboxylic acids is 1. The van der Waals surface area contributed by atoms with Crippen LogP contribution in [0, 0.1) is 13.8 Å². The molecule has 0 spiro atoms. The zero-order valence-corrected chi connectivity index (χ0v) is 13.7. The summed E-state index contributed by atoms with van der Waals surface area (Å²) in [4.78, 5) is 12.0. The smallest absolute Gasteiger partial charge is 0.358 e. The Morgan fingerprint density at radius 3 is 2.38 bits per heavy atom. The van der Waals surface area contributed by atoms with Gasteiger partial charge in [-0.25, -0.2) is 8.78 Å². The van der Waals surface area contributed by atoms with Crippen LogP contribution in [0.4, 0.5) is 8.78 Å². The van der Waals surface area contributed by atoms with Gasteiger partial charge in [0.15, 0.2) is 0 Å². The van der Waals surface area contributed by atoms with Crippen molar-refractivity contribution < 1.29 is 65.0 Å². The number of amides is 1. The molecule has 0 unspecified atom stereocenters. The Balaban J connectivity index is -0.000000399. The monoisotopic (exact) mass is 258 g/mol. The predicted octanol–water partition coefficient (Wildman–Crippen LogP) is -0.275. The summed E-state index contributed by atoms with van der Waals surface area (Å²) in [6.07, 6.45) is 2.24. The molecule has 1 rings (SSSR count). The van der Waals surface area contributed by atoms with Crippen LogP contribution in [0.3, 0.4) is 0 Å². The molecule has 1 saturated heterocycles. The summed E-state index contributed by atoms with van der Waals surface area (Å²) in [5, 5.41) is 0. The molecule has 0 saturated carbocycles. The zero-order valence-electron chi connectivity index (χ0n) is 10.6. The SMILES string of the molecule is C=CC(=O)N1CC[CH-]C(F)(F)C1.CC.[CH3-].[K+]. The molecule has 0 atom stereocenters. The number of alkyl halides is 2. The molecule has 1 amide bonds. The van der Waals surface area contributed by atoms with Gasteiger partial charge in [-0.2, -0.15) is 6.42 Å². The molecular formula is C11H19F2KNO-. The van der Waals surface area contributed by atoms with E-state index in [4.69, 9.17) is 0 Å². The number of carbonyl (C=O) groups is 1. The summed E-state index contributed by atoms with van der Waals surface area (Å²) in [6, 6.07) is 0. The molecule has 16 heavy (non-hydrogen) atoms. The Kier molecular flexibility index (Phi) is 14.9. The summed E-state index contributed by atoms with van der Waals surface area (Å²) in [7, 11) is 0. The topological polar surface area (TPSA) is 20.3 Å². The van der Waals surface area contributed by atoms with E-state index in [0.29, 0.717) is 6.54 Å². The van der Waals surface area contributed by atoms with Crippen LogP contribution in [0.5, 0.6) is 0 Å². The van der Waals surface area contributed by atoms with Gasteiger partial charge in [0.1, 0.15) is 5.92 Å². The number of hydrogen-bond donors (Lipinski definition) is 0. The van der Waals surface area contributed by atoms with Crippen molar-refractivity contribution in [3.8, 4) is 0 Å².